The minimum absolute atomic E-state index is 0.498. The van der Waals surface area contributed by atoms with Crippen molar-refractivity contribution in [2.75, 3.05) is 19.0 Å². The van der Waals surface area contributed by atoms with Crippen molar-refractivity contribution in [3.8, 4) is 16.9 Å². The lowest BCUT2D eigenvalue weighted by atomic mass is 10.1. The fourth-order valence-electron chi connectivity index (χ4n) is 2.66. The molecule has 0 aromatic carbocycles. The Balaban J connectivity index is 1.78. The van der Waals surface area contributed by atoms with Crippen molar-refractivity contribution in [3.63, 3.8) is 0 Å². The van der Waals surface area contributed by atoms with E-state index in [1.54, 1.807) is 31.8 Å². The third-order valence-corrected chi connectivity index (χ3v) is 4.03. The number of pyridine rings is 2. The Morgan fingerprint density at radius 1 is 1.29 bits per heavy atom. The number of nitrogens with zero attached hydrogens (tertiary/aromatic N) is 2. The maximum atomic E-state index is 12.2. The predicted octanol–water partition coefficient (Wildman–Crippen LogP) is 3.11. The van der Waals surface area contributed by atoms with Crippen LogP contribution < -0.4 is 15.4 Å². The van der Waals surface area contributed by atoms with Gasteiger partial charge in [-0.1, -0.05) is 0 Å². The minimum Gasteiger partial charge on any atom is -0.495 e. The molecule has 1 amide bonds. The topological polar surface area (TPSA) is 91.9 Å². The van der Waals surface area contributed by atoms with Gasteiger partial charge in [-0.25, -0.2) is 4.98 Å². The van der Waals surface area contributed by atoms with E-state index in [2.05, 4.69) is 20.3 Å². The van der Waals surface area contributed by atoms with Crippen molar-refractivity contribution in [2.24, 2.45) is 0 Å². The fourth-order valence-corrected chi connectivity index (χ4v) is 2.66. The van der Waals surface area contributed by atoms with Crippen LogP contribution in [0.5, 0.6) is 5.75 Å². The second-order valence-corrected chi connectivity index (χ2v) is 6.13. The van der Waals surface area contributed by atoms with Crippen molar-refractivity contribution >= 4 is 22.6 Å². The Bertz CT molecular complexity index is 987. The normalized spacial score (nSPS) is 12.6. The van der Waals surface area contributed by atoms with Gasteiger partial charge in [-0.2, -0.15) is 13.2 Å². The standard InChI is InChI=1S/C18H18F3N5O2/c1-10(17(27)25-9-18(19,20)21)26-12-3-11(5-22-6-12)15-8-24-16-14(15)4-13(28-2)7-23-16/h3-8,10,26H,9H2,1-2H3,(H,23,24)(H,25,27). The fraction of sp³-hybridized carbons (Fsp3) is 0.278. The van der Waals surface area contributed by atoms with Gasteiger partial charge in [0, 0.05) is 35.1 Å². The minimum atomic E-state index is -4.46. The number of hydrogen-bond donors (Lipinski definition) is 3. The average molecular weight is 393 g/mol. The summed E-state index contributed by atoms with van der Waals surface area (Å²) in [5.41, 5.74) is 2.74. The van der Waals surface area contributed by atoms with Gasteiger partial charge in [0.1, 0.15) is 24.0 Å². The van der Waals surface area contributed by atoms with E-state index in [0.29, 0.717) is 17.1 Å². The summed E-state index contributed by atoms with van der Waals surface area (Å²) >= 11 is 0. The van der Waals surface area contributed by atoms with Gasteiger partial charge in [0.05, 0.1) is 19.0 Å². The van der Waals surface area contributed by atoms with Crippen molar-refractivity contribution in [2.45, 2.75) is 19.1 Å². The molecule has 28 heavy (non-hydrogen) atoms. The van der Waals surface area contributed by atoms with E-state index in [1.807, 2.05) is 11.4 Å². The molecule has 7 nitrogen and oxygen atoms in total. The number of carbonyl (C=O) groups excluding carboxylic acids is 1. The molecule has 3 N–H and O–H groups in total. The number of ether oxygens (including phenoxy) is 1. The van der Waals surface area contributed by atoms with E-state index in [0.717, 1.165) is 16.5 Å². The van der Waals surface area contributed by atoms with Gasteiger partial charge in [-0.3, -0.25) is 9.78 Å². The molecule has 0 aliphatic carbocycles. The number of methoxy groups -OCH3 is 1. The molecule has 3 aromatic rings. The second kappa shape index (κ2) is 7.75. The highest BCUT2D eigenvalue weighted by atomic mass is 19.4. The molecular formula is C18H18F3N5O2. The third kappa shape index (κ3) is 4.51. The lowest BCUT2D eigenvalue weighted by molar-refractivity contribution is -0.138. The zero-order chi connectivity index (χ0) is 20.3. The molecule has 3 aromatic heterocycles. The zero-order valence-corrected chi connectivity index (χ0v) is 15.1. The summed E-state index contributed by atoms with van der Waals surface area (Å²) in [6, 6.07) is 2.72. The Morgan fingerprint density at radius 2 is 2.07 bits per heavy atom. The van der Waals surface area contributed by atoms with Crippen molar-refractivity contribution in [3.05, 3.63) is 36.9 Å². The first-order valence-corrected chi connectivity index (χ1v) is 8.34. The molecule has 3 rings (SSSR count). The lowest BCUT2D eigenvalue weighted by Crippen LogP contribution is -2.42. The number of carbonyl (C=O) groups is 1. The molecule has 0 aliphatic rings. The van der Waals surface area contributed by atoms with Gasteiger partial charge in [-0.05, 0) is 19.1 Å². The van der Waals surface area contributed by atoms with Crippen LogP contribution in [0, 0.1) is 0 Å². The quantitative estimate of drug-likeness (QED) is 0.599. The maximum absolute atomic E-state index is 12.2. The molecule has 3 heterocycles. The van der Waals surface area contributed by atoms with Crippen LogP contribution in [0.2, 0.25) is 0 Å². The van der Waals surface area contributed by atoms with E-state index in [4.69, 9.17) is 4.74 Å². The Hall–Kier alpha value is -3.30. The van der Waals surface area contributed by atoms with Crippen LogP contribution in [-0.2, 0) is 4.79 Å². The van der Waals surface area contributed by atoms with Gasteiger partial charge in [0.2, 0.25) is 5.91 Å². The van der Waals surface area contributed by atoms with Crippen LogP contribution in [0.4, 0.5) is 18.9 Å². The van der Waals surface area contributed by atoms with Crippen LogP contribution >= 0.6 is 0 Å². The third-order valence-electron chi connectivity index (χ3n) is 4.03. The van der Waals surface area contributed by atoms with Gasteiger partial charge in [-0.15, -0.1) is 0 Å². The van der Waals surface area contributed by atoms with E-state index in [-0.39, 0.29) is 0 Å². The second-order valence-electron chi connectivity index (χ2n) is 6.13. The SMILES string of the molecule is COc1cnc2[nH]cc(-c3cncc(NC(C)C(=O)NCC(F)(F)F)c3)c2c1. The molecule has 0 spiro atoms. The molecular weight excluding hydrogens is 375 g/mol. The smallest absolute Gasteiger partial charge is 0.405 e. The predicted molar refractivity (Wildman–Crippen MR) is 98.0 cm³/mol. The molecule has 10 heteroatoms. The first-order chi connectivity index (χ1) is 13.3. The Labute approximate surface area is 158 Å². The largest absolute Gasteiger partial charge is 0.495 e. The van der Waals surface area contributed by atoms with Crippen molar-refractivity contribution < 1.29 is 22.7 Å². The first-order valence-electron chi connectivity index (χ1n) is 8.34. The van der Waals surface area contributed by atoms with E-state index in [9.17, 15) is 18.0 Å². The summed E-state index contributed by atoms with van der Waals surface area (Å²) < 4.78 is 41.9. The molecule has 0 aliphatic heterocycles. The number of fused-ring (bicyclic) bond motifs is 1. The van der Waals surface area contributed by atoms with E-state index >= 15 is 0 Å². The van der Waals surface area contributed by atoms with Crippen LogP contribution in [0.3, 0.4) is 0 Å². The van der Waals surface area contributed by atoms with Crippen LogP contribution in [-0.4, -0.2) is 46.7 Å². The Morgan fingerprint density at radius 3 is 2.79 bits per heavy atom. The molecule has 0 saturated carbocycles. The monoisotopic (exact) mass is 393 g/mol. The molecule has 0 fully saturated rings. The van der Waals surface area contributed by atoms with Gasteiger partial charge < -0.3 is 20.4 Å². The number of amides is 1. The highest BCUT2D eigenvalue weighted by Gasteiger charge is 2.28. The first kappa shape index (κ1) is 19.5. The molecule has 1 atom stereocenters. The number of alkyl halides is 3. The highest BCUT2D eigenvalue weighted by Crippen LogP contribution is 2.30. The molecule has 1 unspecified atom stereocenters. The molecule has 148 valence electrons. The van der Waals surface area contributed by atoms with Gasteiger partial charge in [0.15, 0.2) is 0 Å². The number of nitrogens with one attached hydrogen (secondary N) is 3. The number of aromatic amines is 1. The van der Waals surface area contributed by atoms with Crippen LogP contribution in [0.25, 0.3) is 22.2 Å². The summed E-state index contributed by atoms with van der Waals surface area (Å²) in [6.07, 6.45) is 2.05. The molecule has 0 saturated heterocycles. The van der Waals surface area contributed by atoms with Crippen molar-refractivity contribution in [1.82, 2.24) is 20.3 Å². The number of hydrogen-bond acceptors (Lipinski definition) is 5. The summed E-state index contributed by atoms with van der Waals surface area (Å²) in [5, 5.41) is 5.53. The average Bonchev–Trinajstić information content (AvgIpc) is 3.08. The summed E-state index contributed by atoms with van der Waals surface area (Å²) in [5.74, 6) is -0.158. The highest BCUT2D eigenvalue weighted by molar-refractivity contribution is 5.94. The number of aromatic nitrogens is 3. The molecule has 0 radical (unpaired) electrons. The molecule has 0 bridgehead atoms. The summed E-state index contributed by atoms with van der Waals surface area (Å²) in [6.45, 7) is 0.0964. The Kier molecular flexibility index (Phi) is 5.39. The maximum Gasteiger partial charge on any atom is 0.405 e. The van der Waals surface area contributed by atoms with Gasteiger partial charge >= 0.3 is 6.18 Å². The van der Waals surface area contributed by atoms with Crippen LogP contribution in [0.1, 0.15) is 6.92 Å². The lowest BCUT2D eigenvalue weighted by Gasteiger charge is -2.16. The number of halogens is 3. The number of rotatable bonds is 6. The van der Waals surface area contributed by atoms with E-state index in [1.165, 1.54) is 13.1 Å². The summed E-state index contributed by atoms with van der Waals surface area (Å²) in [4.78, 5) is 23.3. The van der Waals surface area contributed by atoms with E-state index < -0.39 is 24.7 Å². The van der Waals surface area contributed by atoms with Crippen molar-refractivity contribution in [1.29, 1.82) is 0 Å². The zero-order valence-electron chi connectivity index (χ0n) is 15.1. The van der Waals surface area contributed by atoms with Gasteiger partial charge in [0.25, 0.3) is 0 Å². The number of H-pyrrole nitrogens is 1. The number of anilines is 1. The van der Waals surface area contributed by atoms with Crippen LogP contribution in [0.15, 0.2) is 36.9 Å². The summed E-state index contributed by atoms with van der Waals surface area (Å²) in [7, 11) is 1.55.